The number of hydrogen-bond acceptors (Lipinski definition) is 7. The summed E-state index contributed by atoms with van der Waals surface area (Å²) in [6.07, 6.45) is 0. The van der Waals surface area contributed by atoms with E-state index < -0.39 is 23.7 Å². The Morgan fingerprint density at radius 2 is 1.00 bits per heavy atom. The minimum absolute atomic E-state index is 0. The van der Waals surface area contributed by atoms with Crippen molar-refractivity contribution in [2.75, 3.05) is 0 Å². The molecule has 14 heavy (non-hydrogen) atoms. The normalized spacial score (nSPS) is 6.29. The first kappa shape index (κ1) is 43.8. The van der Waals surface area contributed by atoms with Gasteiger partial charge in [-0.15, -0.1) is 0 Å². The predicted octanol–water partition coefficient (Wildman–Crippen LogP) is -10.0. The van der Waals surface area contributed by atoms with Crippen LogP contribution in [0.25, 0.3) is 0 Å². The zero-order valence-electron chi connectivity index (χ0n) is 8.13. The first-order valence-corrected chi connectivity index (χ1v) is 3.13. The minimum atomic E-state index is -2.86. The monoisotopic (exact) mass is 274 g/mol. The van der Waals surface area contributed by atoms with Gasteiger partial charge in [0.15, 0.2) is 0 Å². The van der Waals surface area contributed by atoms with Crippen LogP contribution in [0.15, 0.2) is 0 Å². The van der Waals surface area contributed by atoms with Gasteiger partial charge in [-0.25, -0.2) is 4.21 Å². The van der Waals surface area contributed by atoms with E-state index in [-0.39, 0.29) is 88.7 Å². The Labute approximate surface area is 155 Å². The van der Waals surface area contributed by atoms with E-state index in [0.29, 0.717) is 0 Å². The number of carbonyl (C=O) groups excluding carboxylic acids is 2. The molecule has 0 aliphatic carbocycles. The molecule has 0 fully saturated rings. The molecule has 0 aromatic carbocycles. The average molecular weight is 274 g/mol. The zero-order valence-corrected chi connectivity index (χ0v) is 15.8. The number of hydrogen-bond donors (Lipinski definition) is 1. The Morgan fingerprint density at radius 1 is 1.00 bits per heavy atom. The van der Waals surface area contributed by atoms with E-state index in [1.54, 1.807) is 0 Å². The summed E-state index contributed by atoms with van der Waals surface area (Å²) >= 11 is -3.61. The van der Waals surface area contributed by atoms with Crippen molar-refractivity contribution in [2.24, 2.45) is 0 Å². The largest absolute Gasteiger partial charge is 1.00 e. The molecule has 1 N–H and O–H groups in total. The third-order valence-electron chi connectivity index (χ3n) is 0. The molecule has 0 amide bonds. The summed E-state index contributed by atoms with van der Waals surface area (Å²) < 4.78 is 40.7. The predicted molar refractivity (Wildman–Crippen MR) is 34.9 cm³/mol. The Hall–Kier alpha value is 2.68. The van der Waals surface area contributed by atoms with Gasteiger partial charge in [-0.2, -0.15) is 0 Å². The quantitative estimate of drug-likeness (QED) is 0.261. The smallest absolute Gasteiger partial charge is 0.811 e. The molecule has 1 unspecified atom stereocenters. The minimum Gasteiger partial charge on any atom is -0.811 e. The molecule has 0 heterocycles. The first-order valence-electron chi connectivity index (χ1n) is 1.43. The van der Waals surface area contributed by atoms with Gasteiger partial charge in [0.25, 0.3) is 0 Å². The van der Waals surface area contributed by atoms with Gasteiger partial charge >= 0.3 is 88.7 Å². The molecule has 0 spiro atoms. The van der Waals surface area contributed by atoms with E-state index in [2.05, 4.69) is 0 Å². The second-order valence-electron chi connectivity index (χ2n) is 0.285. The Balaban J connectivity index is -0.00000000908. The summed E-state index contributed by atoms with van der Waals surface area (Å²) in [5.41, 5.74) is 0. The van der Waals surface area contributed by atoms with Gasteiger partial charge in [-0.05, 0) is 0 Å². The van der Waals surface area contributed by atoms with Crippen molar-refractivity contribution in [3.63, 3.8) is 0 Å². The molecule has 12 heteroatoms. The number of carbonyl (C=O) groups is 2. The molecule has 70 valence electrons. The summed E-state index contributed by atoms with van der Waals surface area (Å²) in [6, 6.07) is 0. The topological polar surface area (TPSA) is 141 Å². The van der Waals surface area contributed by atoms with Crippen molar-refractivity contribution in [2.45, 2.75) is 0 Å². The maximum Gasteiger partial charge on any atom is 1.00 e. The Bertz CT molecular complexity index is 72.0. The summed E-state index contributed by atoms with van der Waals surface area (Å²) in [6.45, 7) is 4.00. The van der Waals surface area contributed by atoms with Crippen molar-refractivity contribution in [1.82, 2.24) is 0 Å². The molecule has 0 aliphatic heterocycles. The van der Waals surface area contributed by atoms with Crippen LogP contribution in [0.1, 0.15) is 0 Å². The van der Waals surface area contributed by atoms with Crippen LogP contribution < -0.4 is 88.7 Å². The maximum absolute atomic E-state index is 8.56. The summed E-state index contributed by atoms with van der Waals surface area (Å²) in [5.74, 6) is 0. The fraction of sp³-hybridized carbons (Fsp3) is 0. The molecule has 0 aromatic rings. The second kappa shape index (κ2) is 75.7. The molecule has 0 aromatic heterocycles. The van der Waals surface area contributed by atoms with Gasteiger partial charge in [0.05, 0.1) is 11.4 Å². The van der Waals surface area contributed by atoms with Gasteiger partial charge in [-0.3, -0.25) is 0 Å². The van der Waals surface area contributed by atoms with Gasteiger partial charge in [-0.1, -0.05) is 0 Å². The summed E-state index contributed by atoms with van der Waals surface area (Å²) in [4.78, 5) is 16.0. The van der Waals surface area contributed by atoms with E-state index in [1.807, 2.05) is 13.6 Å². The van der Waals surface area contributed by atoms with Crippen LogP contribution in [0.4, 0.5) is 0 Å². The molecule has 1 atom stereocenters. The van der Waals surface area contributed by atoms with Gasteiger partial charge < -0.3 is 40.1 Å². The van der Waals surface area contributed by atoms with Crippen molar-refractivity contribution in [3.8, 4) is 0 Å². The van der Waals surface area contributed by atoms with E-state index >= 15 is 0 Å². The molecule has 0 bridgehead atoms. The van der Waals surface area contributed by atoms with E-state index in [0.717, 1.165) is 0 Å². The Morgan fingerprint density at radius 3 is 1.00 bits per heavy atom. The average Bonchev–Trinajstić information content (AvgIpc) is 1.96. The molecule has 0 rings (SSSR count). The van der Waals surface area contributed by atoms with Crippen LogP contribution in [-0.4, -0.2) is 36.0 Å². The second-order valence-corrected chi connectivity index (χ2v) is 0.855. The van der Waals surface area contributed by atoms with Crippen molar-refractivity contribution in [1.29, 1.82) is 0 Å². The van der Waals surface area contributed by atoms with Crippen molar-refractivity contribution >= 4 is 37.3 Å². The fourth-order valence-electron chi connectivity index (χ4n) is 0. The molecule has 0 saturated carbocycles. The van der Waals surface area contributed by atoms with Crippen LogP contribution in [0, 0.1) is 0 Å². The first-order chi connectivity index (χ1) is 5.15. The molecular weight excluding hydrogens is 269 g/mol. The molecule has 7 nitrogen and oxygen atoms in total. The third-order valence-corrected chi connectivity index (χ3v) is 0. The Kier molecular flexibility index (Phi) is 237. The van der Waals surface area contributed by atoms with Crippen LogP contribution >= 0.6 is 12.3 Å². The van der Waals surface area contributed by atoms with Gasteiger partial charge in [0.2, 0.25) is 0 Å². The van der Waals surface area contributed by atoms with E-state index in [4.69, 9.17) is 32.0 Å². The number of rotatable bonds is 0. The molecular formula is C2H5Na3O7S2. The third kappa shape index (κ3) is 382. The standard InChI is InChI=1S/2CH2O.3Na.H2O3S.H2O2S/c2*1-2;;;;1-4(2)3;1-3-2/h2*1H2;;;;(H2,1,2,3);1-2H/q;;3*+1;;/p-3. The molecule has 0 aliphatic rings. The van der Waals surface area contributed by atoms with E-state index in [1.165, 1.54) is 0 Å². The van der Waals surface area contributed by atoms with Gasteiger partial charge in [0, 0.05) is 0 Å². The van der Waals surface area contributed by atoms with Crippen LogP contribution in [-0.2, 0) is 21.0 Å². The molecule has 0 saturated heterocycles. The van der Waals surface area contributed by atoms with E-state index in [9.17, 15) is 0 Å². The molecule has 0 radical (unpaired) electrons. The summed E-state index contributed by atoms with van der Waals surface area (Å²) in [7, 11) is 0. The van der Waals surface area contributed by atoms with Crippen LogP contribution in [0.5, 0.6) is 0 Å². The van der Waals surface area contributed by atoms with Crippen molar-refractivity contribution in [3.05, 3.63) is 0 Å². The summed E-state index contributed by atoms with van der Waals surface area (Å²) in [5, 5.41) is 0. The zero-order chi connectivity index (χ0) is 10.3. The van der Waals surface area contributed by atoms with Crippen LogP contribution in [0.2, 0.25) is 0 Å². The SMILES string of the molecule is C=O.C=O.O=S([O-])O.[Na+].[Na+].[Na+].[O-]S[O-]. The maximum atomic E-state index is 8.56. The fourth-order valence-corrected chi connectivity index (χ4v) is 0. The van der Waals surface area contributed by atoms with Crippen LogP contribution in [0.3, 0.4) is 0 Å². The van der Waals surface area contributed by atoms with Crippen molar-refractivity contribution < 1.29 is 121 Å². The van der Waals surface area contributed by atoms with Gasteiger partial charge in [0.1, 0.15) is 13.6 Å².